The number of carbonyl (C=O) groups is 1. The Bertz CT molecular complexity index is 896. The molecule has 0 aliphatic heterocycles. The second kappa shape index (κ2) is 12.1. The zero-order chi connectivity index (χ0) is 22.7. The fourth-order valence-electron chi connectivity index (χ4n) is 2.76. The monoisotopic (exact) mass is 412 g/mol. The highest BCUT2D eigenvalue weighted by atomic mass is 19.1. The number of rotatable bonds is 10. The quantitative estimate of drug-likeness (QED) is 0.301. The van der Waals surface area contributed by atoms with Gasteiger partial charge in [0.25, 0.3) is 5.91 Å². The number of nitrogens with one attached hydrogen (secondary N) is 1. The first-order valence-corrected chi connectivity index (χ1v) is 9.34. The third-order valence-corrected chi connectivity index (χ3v) is 4.51. The number of ether oxygens (including phenoxy) is 1. The van der Waals surface area contributed by atoms with Gasteiger partial charge in [0.15, 0.2) is 5.88 Å². The predicted molar refractivity (Wildman–Crippen MR) is 120 cm³/mol. The largest absolute Gasteiger partial charge is 0.483 e. The van der Waals surface area contributed by atoms with Crippen molar-refractivity contribution in [2.75, 3.05) is 12.4 Å². The molecule has 0 spiro atoms. The van der Waals surface area contributed by atoms with E-state index in [0.29, 0.717) is 11.7 Å². The highest BCUT2D eigenvalue weighted by Gasteiger charge is 2.16. The number of carbonyl (C=O) groups excluding carboxylic acids is 1. The van der Waals surface area contributed by atoms with E-state index in [-0.39, 0.29) is 17.1 Å². The van der Waals surface area contributed by atoms with Crippen molar-refractivity contribution >= 4 is 11.7 Å². The Morgan fingerprint density at radius 1 is 1.33 bits per heavy atom. The van der Waals surface area contributed by atoms with E-state index in [9.17, 15) is 9.18 Å². The van der Waals surface area contributed by atoms with Crippen molar-refractivity contribution < 1.29 is 13.9 Å². The molecular formula is C23H29FN4O2. The van der Waals surface area contributed by atoms with Crippen molar-refractivity contribution in [3.8, 4) is 0 Å². The van der Waals surface area contributed by atoms with Crippen LogP contribution in [0.15, 0.2) is 90.4 Å². The average Bonchev–Trinajstić information content (AvgIpc) is 2.76. The third-order valence-electron chi connectivity index (χ3n) is 4.51. The fourth-order valence-corrected chi connectivity index (χ4v) is 2.76. The molecule has 0 aliphatic rings. The van der Waals surface area contributed by atoms with Gasteiger partial charge in [-0.3, -0.25) is 4.79 Å². The summed E-state index contributed by atoms with van der Waals surface area (Å²) >= 11 is 0. The van der Waals surface area contributed by atoms with Gasteiger partial charge in [-0.05, 0) is 48.3 Å². The molecule has 1 atom stereocenters. The van der Waals surface area contributed by atoms with Gasteiger partial charge in [0.2, 0.25) is 0 Å². The molecule has 0 aliphatic carbocycles. The zero-order valence-electron chi connectivity index (χ0n) is 17.6. The summed E-state index contributed by atoms with van der Waals surface area (Å²) in [5.41, 5.74) is 13.1. The number of hydrogen-bond acceptors (Lipinski definition) is 5. The second-order valence-electron chi connectivity index (χ2n) is 6.29. The van der Waals surface area contributed by atoms with Gasteiger partial charge in [0, 0.05) is 18.3 Å². The molecule has 30 heavy (non-hydrogen) atoms. The molecule has 5 N–H and O–H groups in total. The van der Waals surface area contributed by atoms with Gasteiger partial charge in [-0.15, -0.1) is 0 Å². The minimum Gasteiger partial charge on any atom is -0.483 e. The van der Waals surface area contributed by atoms with Crippen molar-refractivity contribution in [2.45, 2.75) is 26.2 Å². The molecule has 1 rings (SSSR count). The Labute approximate surface area is 177 Å². The minimum absolute atomic E-state index is 0.00380. The highest BCUT2D eigenvalue weighted by Crippen LogP contribution is 2.29. The summed E-state index contributed by atoms with van der Waals surface area (Å²) in [4.78, 5) is 16.7. The van der Waals surface area contributed by atoms with Crippen molar-refractivity contribution in [3.05, 3.63) is 96.0 Å². The van der Waals surface area contributed by atoms with Gasteiger partial charge in [-0.2, -0.15) is 0 Å². The van der Waals surface area contributed by atoms with E-state index in [2.05, 4.69) is 23.5 Å². The van der Waals surface area contributed by atoms with Gasteiger partial charge in [0.05, 0.1) is 12.7 Å². The molecule has 1 heterocycles. The van der Waals surface area contributed by atoms with E-state index < -0.39 is 11.7 Å². The number of hydrogen-bond donors (Lipinski definition) is 3. The maximum atomic E-state index is 13.7. The number of halogens is 1. The molecule has 0 bridgehead atoms. The number of methoxy groups -OCH3 is 1. The van der Waals surface area contributed by atoms with E-state index >= 15 is 0 Å². The Hall–Kier alpha value is -3.61. The van der Waals surface area contributed by atoms with Gasteiger partial charge in [0.1, 0.15) is 11.6 Å². The van der Waals surface area contributed by atoms with Gasteiger partial charge in [-0.1, -0.05) is 38.3 Å². The van der Waals surface area contributed by atoms with Crippen LogP contribution in [0.1, 0.15) is 31.7 Å². The summed E-state index contributed by atoms with van der Waals surface area (Å²) in [5, 5.41) is 2.62. The van der Waals surface area contributed by atoms with Crippen molar-refractivity contribution in [1.82, 2.24) is 4.98 Å². The van der Waals surface area contributed by atoms with E-state index in [1.54, 1.807) is 24.4 Å². The number of pyridine rings is 1. The molecule has 1 amide bonds. The Morgan fingerprint density at radius 3 is 2.50 bits per heavy atom. The predicted octanol–water partition coefficient (Wildman–Crippen LogP) is 4.34. The first-order chi connectivity index (χ1) is 14.3. The lowest BCUT2D eigenvalue weighted by Gasteiger charge is -2.17. The summed E-state index contributed by atoms with van der Waals surface area (Å²) < 4.78 is 18.7. The average molecular weight is 413 g/mol. The maximum absolute atomic E-state index is 13.7. The van der Waals surface area contributed by atoms with Gasteiger partial charge in [-0.25, -0.2) is 9.37 Å². The summed E-state index contributed by atoms with van der Waals surface area (Å²) in [7, 11) is 1.50. The summed E-state index contributed by atoms with van der Waals surface area (Å²) in [5.74, 6) is -0.542. The SMILES string of the molecule is C=C/C(=C\C=C(/N)OC)C(CC)c1ccc(NC(=O)C(=C/N)/C(C)=C(/F)C=C)nc1. The molecule has 6 nitrogen and oxygen atoms in total. The molecule has 0 saturated carbocycles. The molecule has 1 aromatic heterocycles. The number of allylic oxidation sites excluding steroid dienone is 6. The van der Waals surface area contributed by atoms with Crippen molar-refractivity contribution in [1.29, 1.82) is 0 Å². The van der Waals surface area contributed by atoms with Crippen LogP contribution in [0, 0.1) is 0 Å². The highest BCUT2D eigenvalue weighted by molar-refractivity contribution is 6.06. The van der Waals surface area contributed by atoms with E-state index in [1.165, 1.54) is 14.0 Å². The zero-order valence-corrected chi connectivity index (χ0v) is 17.6. The molecular weight excluding hydrogens is 383 g/mol. The number of nitrogens with two attached hydrogens (primary N) is 2. The summed E-state index contributed by atoms with van der Waals surface area (Å²) in [6.45, 7) is 10.7. The lowest BCUT2D eigenvalue weighted by molar-refractivity contribution is -0.112. The normalized spacial score (nSPS) is 14.5. The molecule has 7 heteroatoms. The number of aromatic nitrogens is 1. The lowest BCUT2D eigenvalue weighted by atomic mass is 9.89. The number of nitrogens with zero attached hydrogens (tertiary/aromatic N) is 1. The van der Waals surface area contributed by atoms with Crippen LogP contribution in [-0.2, 0) is 9.53 Å². The van der Waals surface area contributed by atoms with Crippen molar-refractivity contribution in [3.63, 3.8) is 0 Å². The molecule has 160 valence electrons. The molecule has 1 unspecified atom stereocenters. The van der Waals surface area contributed by atoms with Crippen LogP contribution < -0.4 is 16.8 Å². The lowest BCUT2D eigenvalue weighted by Crippen LogP contribution is -2.17. The van der Waals surface area contributed by atoms with Crippen LogP contribution in [0.25, 0.3) is 0 Å². The molecule has 0 radical (unpaired) electrons. The van der Waals surface area contributed by atoms with Crippen LogP contribution in [-0.4, -0.2) is 18.0 Å². The topological polar surface area (TPSA) is 103 Å². The van der Waals surface area contributed by atoms with E-state index in [0.717, 1.165) is 29.8 Å². The van der Waals surface area contributed by atoms with Crippen LogP contribution in [0.2, 0.25) is 0 Å². The van der Waals surface area contributed by atoms with Crippen LogP contribution in [0.4, 0.5) is 10.2 Å². The molecule has 1 aromatic rings. The molecule has 0 aromatic carbocycles. The van der Waals surface area contributed by atoms with Gasteiger partial charge < -0.3 is 21.5 Å². The third kappa shape index (κ3) is 6.48. The number of amides is 1. The van der Waals surface area contributed by atoms with Gasteiger partial charge >= 0.3 is 0 Å². The Kier molecular flexibility index (Phi) is 9.82. The van der Waals surface area contributed by atoms with Crippen molar-refractivity contribution in [2.24, 2.45) is 11.5 Å². The fraction of sp³-hybridized carbons (Fsp3) is 0.217. The number of anilines is 1. The van der Waals surface area contributed by atoms with Crippen LogP contribution in [0.5, 0.6) is 0 Å². The van der Waals surface area contributed by atoms with E-state index in [4.69, 9.17) is 16.2 Å². The standard InChI is InChI=1S/C23H29FN4O2/c1-6-16(9-11-21(26)30-5)18(7-2)17-10-12-22(27-14-17)28-23(29)19(13-25)15(4)20(24)8-3/h6,8-14,18H,1,3,7,25-26H2,2,4-5H3,(H,27,28,29)/b16-9+,19-13+,20-15+,21-11+. The van der Waals surface area contributed by atoms with Crippen LogP contribution in [0.3, 0.4) is 0 Å². The second-order valence-corrected chi connectivity index (χ2v) is 6.29. The van der Waals surface area contributed by atoms with E-state index in [1.807, 2.05) is 19.1 Å². The Balaban J connectivity index is 3.08. The first kappa shape index (κ1) is 24.4. The molecule has 0 fully saturated rings. The van der Waals surface area contributed by atoms with Crippen LogP contribution >= 0.6 is 0 Å². The summed E-state index contributed by atoms with van der Waals surface area (Å²) in [6, 6.07) is 3.53. The summed E-state index contributed by atoms with van der Waals surface area (Å²) in [6.07, 6.45) is 9.81. The molecule has 0 saturated heterocycles. The minimum atomic E-state index is -0.622. The Morgan fingerprint density at radius 2 is 2.03 bits per heavy atom. The smallest absolute Gasteiger partial charge is 0.258 e. The first-order valence-electron chi connectivity index (χ1n) is 9.34. The maximum Gasteiger partial charge on any atom is 0.258 e.